The van der Waals surface area contributed by atoms with Crippen LogP contribution in [-0.2, 0) is 0 Å². The summed E-state index contributed by atoms with van der Waals surface area (Å²) in [5.74, 6) is 0. The summed E-state index contributed by atoms with van der Waals surface area (Å²) < 4.78 is 0. The van der Waals surface area contributed by atoms with E-state index in [9.17, 15) is 0 Å². The molecule has 60 valence electrons. The lowest BCUT2D eigenvalue weighted by molar-refractivity contribution is 0.785. The highest BCUT2D eigenvalue weighted by Gasteiger charge is 1.98. The van der Waals surface area contributed by atoms with Gasteiger partial charge in [-0.3, -0.25) is 0 Å². The van der Waals surface area contributed by atoms with Gasteiger partial charge in [-0.2, -0.15) is 0 Å². The summed E-state index contributed by atoms with van der Waals surface area (Å²) in [6.07, 6.45) is 11.8. The number of allylic oxidation sites excluding steroid dienone is 4. The molecule has 0 aromatic heterocycles. The molecule has 0 aliphatic heterocycles. The second-order valence-electron chi connectivity index (χ2n) is 2.65. The van der Waals surface area contributed by atoms with E-state index in [-0.39, 0.29) is 0 Å². The van der Waals surface area contributed by atoms with Crippen molar-refractivity contribution in [1.29, 1.82) is 0 Å². The second-order valence-corrected chi connectivity index (χ2v) is 2.65. The fourth-order valence-electron chi connectivity index (χ4n) is 1.12. The number of hydrogen-bond donors (Lipinski definition) is 1. The first kappa shape index (κ1) is 8.28. The summed E-state index contributed by atoms with van der Waals surface area (Å²) in [6, 6.07) is 0.403. The third-order valence-electron chi connectivity index (χ3n) is 1.88. The van der Waals surface area contributed by atoms with Gasteiger partial charge in [0.05, 0.1) is 0 Å². The largest absolute Gasteiger partial charge is 0.310 e. The second kappa shape index (κ2) is 4.14. The molecule has 1 nitrogen and oxygen atoms in total. The summed E-state index contributed by atoms with van der Waals surface area (Å²) in [4.78, 5) is 0. The molecule has 0 aromatic rings. The lowest BCUT2D eigenvalue weighted by Gasteiger charge is -2.05. The molecule has 1 rings (SSSR count). The number of likely N-dealkylation sites (N-methyl/N-ethyl adjacent to an activating group) is 1. The molecule has 0 aromatic carbocycles. The first-order chi connectivity index (χ1) is 5.36. The van der Waals surface area contributed by atoms with Crippen LogP contribution in [0.5, 0.6) is 0 Å². The molecule has 0 saturated carbocycles. The Hall–Kier alpha value is -0.820. The van der Waals surface area contributed by atoms with Crippen LogP contribution >= 0.6 is 0 Å². The molecular formula is C10H15N. The number of nitrogens with one attached hydrogen (secondary N) is 1. The van der Waals surface area contributed by atoms with Crippen LogP contribution in [0.1, 0.15) is 13.3 Å². The van der Waals surface area contributed by atoms with Crippen molar-refractivity contribution in [3.63, 3.8) is 0 Å². The molecule has 0 fully saturated rings. The van der Waals surface area contributed by atoms with Gasteiger partial charge < -0.3 is 5.32 Å². The number of rotatable bonds is 2. The molecule has 1 atom stereocenters. The zero-order valence-corrected chi connectivity index (χ0v) is 7.17. The predicted molar refractivity (Wildman–Crippen MR) is 49.5 cm³/mol. The van der Waals surface area contributed by atoms with E-state index >= 15 is 0 Å². The average molecular weight is 149 g/mol. The highest BCUT2D eigenvalue weighted by Crippen LogP contribution is 2.08. The Bertz CT molecular complexity index is 199. The first-order valence-corrected chi connectivity index (χ1v) is 4.09. The van der Waals surface area contributed by atoms with E-state index < -0.39 is 0 Å². The highest BCUT2D eigenvalue weighted by atomic mass is 14.8. The van der Waals surface area contributed by atoms with E-state index in [1.54, 1.807) is 0 Å². The molecule has 0 spiro atoms. The summed E-state index contributed by atoms with van der Waals surface area (Å²) in [5, 5.41) is 3.20. The Labute approximate surface area is 68.5 Å². The molecule has 1 aliphatic rings. The Balaban J connectivity index is 2.72. The van der Waals surface area contributed by atoms with Gasteiger partial charge in [0.15, 0.2) is 0 Å². The van der Waals surface area contributed by atoms with Gasteiger partial charge in [-0.1, -0.05) is 42.9 Å². The van der Waals surface area contributed by atoms with Crippen LogP contribution in [0, 0.1) is 0 Å². The third-order valence-corrected chi connectivity index (χ3v) is 1.88. The van der Waals surface area contributed by atoms with Crippen molar-refractivity contribution in [2.24, 2.45) is 0 Å². The minimum absolute atomic E-state index is 0.403. The predicted octanol–water partition coefficient (Wildman–Crippen LogP) is 2.04. The topological polar surface area (TPSA) is 12.0 Å². The van der Waals surface area contributed by atoms with E-state index in [0.29, 0.717) is 6.04 Å². The molecule has 0 bridgehead atoms. The molecule has 1 N–H and O–H groups in total. The smallest absolute Gasteiger partial charge is 0.0441 e. The van der Waals surface area contributed by atoms with Gasteiger partial charge in [-0.15, -0.1) is 0 Å². The van der Waals surface area contributed by atoms with Gasteiger partial charge >= 0.3 is 0 Å². The standard InChI is InChI=1S/C10H15N/c1-3-9-6-4-5-7-10(8-9)11-2/h4-8,10-11H,3H2,1-2H3. The van der Waals surface area contributed by atoms with E-state index in [0.717, 1.165) is 6.42 Å². The quantitative estimate of drug-likeness (QED) is 0.633. The molecule has 11 heavy (non-hydrogen) atoms. The van der Waals surface area contributed by atoms with Crippen LogP contribution in [-0.4, -0.2) is 13.1 Å². The van der Waals surface area contributed by atoms with Crippen molar-refractivity contribution in [2.75, 3.05) is 7.05 Å². The van der Waals surface area contributed by atoms with Crippen LogP contribution in [0.4, 0.5) is 0 Å². The summed E-state index contributed by atoms with van der Waals surface area (Å²) in [5.41, 5.74) is 1.40. The molecule has 0 saturated heterocycles. The van der Waals surface area contributed by atoms with Crippen molar-refractivity contribution in [2.45, 2.75) is 19.4 Å². The van der Waals surface area contributed by atoms with Crippen LogP contribution in [0.3, 0.4) is 0 Å². The minimum atomic E-state index is 0.403. The molecule has 1 aliphatic carbocycles. The maximum Gasteiger partial charge on any atom is 0.0441 e. The van der Waals surface area contributed by atoms with Gasteiger partial charge in [-0.25, -0.2) is 0 Å². The Morgan fingerprint density at radius 1 is 1.45 bits per heavy atom. The highest BCUT2D eigenvalue weighted by molar-refractivity contribution is 5.29. The van der Waals surface area contributed by atoms with Crippen LogP contribution in [0.15, 0.2) is 36.0 Å². The van der Waals surface area contributed by atoms with Gasteiger partial charge in [0.25, 0.3) is 0 Å². The first-order valence-electron chi connectivity index (χ1n) is 4.09. The third kappa shape index (κ3) is 2.35. The molecule has 0 amide bonds. The van der Waals surface area contributed by atoms with Crippen molar-refractivity contribution >= 4 is 0 Å². The normalized spacial score (nSPS) is 23.1. The summed E-state index contributed by atoms with van der Waals surface area (Å²) >= 11 is 0. The summed E-state index contributed by atoms with van der Waals surface area (Å²) in [6.45, 7) is 2.17. The lowest BCUT2D eigenvalue weighted by atomic mass is 10.1. The maximum atomic E-state index is 3.20. The van der Waals surface area contributed by atoms with Crippen molar-refractivity contribution in [3.05, 3.63) is 36.0 Å². The van der Waals surface area contributed by atoms with Crippen LogP contribution in [0.25, 0.3) is 0 Å². The molecule has 1 heteroatoms. The maximum absolute atomic E-state index is 3.20. The van der Waals surface area contributed by atoms with Crippen molar-refractivity contribution < 1.29 is 0 Å². The lowest BCUT2D eigenvalue weighted by Crippen LogP contribution is -2.19. The minimum Gasteiger partial charge on any atom is -0.310 e. The van der Waals surface area contributed by atoms with Gasteiger partial charge in [0.1, 0.15) is 0 Å². The fourth-order valence-corrected chi connectivity index (χ4v) is 1.12. The van der Waals surface area contributed by atoms with Gasteiger partial charge in [-0.05, 0) is 13.5 Å². The molecule has 1 unspecified atom stereocenters. The molecule has 0 radical (unpaired) electrons. The van der Waals surface area contributed by atoms with Crippen LogP contribution in [0.2, 0.25) is 0 Å². The average Bonchev–Trinajstić information content (AvgIpc) is 2.28. The van der Waals surface area contributed by atoms with E-state index in [2.05, 4.69) is 42.6 Å². The van der Waals surface area contributed by atoms with Crippen molar-refractivity contribution in [1.82, 2.24) is 5.32 Å². The number of hydrogen-bond acceptors (Lipinski definition) is 1. The fraction of sp³-hybridized carbons (Fsp3) is 0.400. The molecule has 0 heterocycles. The zero-order valence-electron chi connectivity index (χ0n) is 7.17. The Kier molecular flexibility index (Phi) is 3.12. The van der Waals surface area contributed by atoms with E-state index in [1.807, 2.05) is 7.05 Å². The molecular weight excluding hydrogens is 134 g/mol. The van der Waals surface area contributed by atoms with Crippen LogP contribution < -0.4 is 5.32 Å². The Morgan fingerprint density at radius 2 is 2.27 bits per heavy atom. The summed E-state index contributed by atoms with van der Waals surface area (Å²) in [7, 11) is 1.98. The van der Waals surface area contributed by atoms with E-state index in [1.165, 1.54) is 5.57 Å². The van der Waals surface area contributed by atoms with Gasteiger partial charge in [0, 0.05) is 6.04 Å². The van der Waals surface area contributed by atoms with Gasteiger partial charge in [0.2, 0.25) is 0 Å². The van der Waals surface area contributed by atoms with Crippen molar-refractivity contribution in [3.8, 4) is 0 Å². The monoisotopic (exact) mass is 149 g/mol. The Morgan fingerprint density at radius 3 is 2.91 bits per heavy atom. The zero-order chi connectivity index (χ0) is 8.10. The van der Waals surface area contributed by atoms with E-state index in [4.69, 9.17) is 0 Å². The SMILES string of the molecule is CCC1=CC(NC)C=CC=C1.